The number of halogens is 4. The van der Waals surface area contributed by atoms with Crippen molar-refractivity contribution < 1.29 is 33.0 Å². The molecule has 0 heterocycles. The number of amides is 2. The monoisotopic (exact) mass is 340 g/mol. The number of urea groups is 1. The highest BCUT2D eigenvalue weighted by Gasteiger charge is 2.33. The summed E-state index contributed by atoms with van der Waals surface area (Å²) in [5.41, 5.74) is -3.51. The summed E-state index contributed by atoms with van der Waals surface area (Å²) in [5, 5.41) is 21.6. The van der Waals surface area contributed by atoms with Gasteiger partial charge in [-0.15, -0.1) is 0 Å². The minimum atomic E-state index is -4.68. The molecule has 1 unspecified atom stereocenters. The van der Waals surface area contributed by atoms with Crippen molar-refractivity contribution >= 4 is 29.3 Å². The van der Waals surface area contributed by atoms with Crippen LogP contribution in [0, 0.1) is 0 Å². The number of aliphatic carboxylic acids is 1. The second kappa shape index (κ2) is 6.41. The fraction of sp³-hybridized carbons (Fsp3) is 0.333. The van der Waals surface area contributed by atoms with Gasteiger partial charge in [-0.2, -0.15) is 13.2 Å². The fourth-order valence-corrected chi connectivity index (χ4v) is 1.55. The summed E-state index contributed by atoms with van der Waals surface area (Å²) in [6, 6.07) is 1.77. The van der Waals surface area contributed by atoms with E-state index < -0.39 is 40.9 Å². The number of aliphatic hydroxyl groups is 1. The lowest BCUT2D eigenvalue weighted by Gasteiger charge is -2.18. The molecule has 0 aromatic heterocycles. The maximum Gasteiger partial charge on any atom is 0.417 e. The molecule has 6 nitrogen and oxygen atoms in total. The third kappa shape index (κ3) is 4.78. The summed E-state index contributed by atoms with van der Waals surface area (Å²) in [6.07, 6.45) is -4.68. The lowest BCUT2D eigenvalue weighted by atomic mass is 10.1. The van der Waals surface area contributed by atoms with Crippen LogP contribution in [-0.2, 0) is 11.0 Å². The molecule has 0 saturated heterocycles. The molecule has 0 aliphatic rings. The van der Waals surface area contributed by atoms with Gasteiger partial charge in [0.25, 0.3) is 0 Å². The van der Waals surface area contributed by atoms with E-state index in [1.807, 2.05) is 5.32 Å². The molecule has 0 spiro atoms. The molecule has 0 radical (unpaired) electrons. The largest absolute Gasteiger partial charge is 0.479 e. The van der Waals surface area contributed by atoms with Gasteiger partial charge in [-0.25, -0.2) is 9.59 Å². The molecule has 0 aliphatic carbocycles. The standard InChI is InChI=1S/C12H12ClF3N2O4/c1-11(22,9(19)20)5-17-10(21)18-6-2-3-8(13)7(4-6)12(14,15)16/h2-4,22H,5H2,1H3,(H,19,20)(H2,17,18,21). The molecule has 0 aliphatic heterocycles. The maximum absolute atomic E-state index is 12.6. The van der Waals surface area contributed by atoms with Crippen molar-refractivity contribution in [2.45, 2.75) is 18.7 Å². The molecular formula is C12H12ClF3N2O4. The zero-order valence-corrected chi connectivity index (χ0v) is 11.9. The lowest BCUT2D eigenvalue weighted by molar-refractivity contribution is -0.155. The van der Waals surface area contributed by atoms with E-state index in [0.29, 0.717) is 6.07 Å². The molecule has 0 fully saturated rings. The zero-order chi connectivity index (χ0) is 17.1. The first-order valence-electron chi connectivity index (χ1n) is 5.81. The number of hydrogen-bond acceptors (Lipinski definition) is 3. The van der Waals surface area contributed by atoms with Crippen molar-refractivity contribution in [3.8, 4) is 0 Å². The van der Waals surface area contributed by atoms with Crippen LogP contribution in [0.3, 0.4) is 0 Å². The minimum absolute atomic E-state index is 0.191. The Morgan fingerprint density at radius 2 is 1.91 bits per heavy atom. The Labute approximate surface area is 127 Å². The molecule has 4 N–H and O–H groups in total. The zero-order valence-electron chi connectivity index (χ0n) is 11.2. The van der Waals surface area contributed by atoms with Crippen LogP contribution in [0.5, 0.6) is 0 Å². The van der Waals surface area contributed by atoms with Gasteiger partial charge in [0.2, 0.25) is 0 Å². The average Bonchev–Trinajstić information content (AvgIpc) is 2.37. The van der Waals surface area contributed by atoms with Gasteiger partial charge in [-0.1, -0.05) is 11.6 Å². The van der Waals surface area contributed by atoms with E-state index in [4.69, 9.17) is 16.7 Å². The Kier molecular flexibility index (Phi) is 5.26. The van der Waals surface area contributed by atoms with Crippen LogP contribution in [0.1, 0.15) is 12.5 Å². The van der Waals surface area contributed by atoms with E-state index in [9.17, 15) is 27.9 Å². The number of carboxylic acid groups (broad SMARTS) is 1. The number of carboxylic acids is 1. The SMILES string of the molecule is CC(O)(CNC(=O)Nc1ccc(Cl)c(C(F)(F)F)c1)C(=O)O. The summed E-state index contributed by atoms with van der Waals surface area (Å²) in [6.45, 7) is 0.327. The van der Waals surface area contributed by atoms with Crippen molar-refractivity contribution in [2.24, 2.45) is 0 Å². The Balaban J connectivity index is 2.76. The molecule has 1 aromatic rings. The highest BCUT2D eigenvalue weighted by atomic mass is 35.5. The Morgan fingerprint density at radius 3 is 2.41 bits per heavy atom. The van der Waals surface area contributed by atoms with E-state index in [1.165, 1.54) is 0 Å². The average molecular weight is 341 g/mol. The van der Waals surface area contributed by atoms with Crippen molar-refractivity contribution in [1.82, 2.24) is 5.32 Å². The first-order chi connectivity index (χ1) is 9.93. The normalized spacial score (nSPS) is 14.1. The van der Waals surface area contributed by atoms with Gasteiger partial charge in [0.15, 0.2) is 5.60 Å². The Morgan fingerprint density at radius 1 is 1.32 bits per heavy atom. The molecule has 2 amide bonds. The molecule has 1 atom stereocenters. The van der Waals surface area contributed by atoms with E-state index in [2.05, 4.69) is 5.32 Å². The molecule has 0 bridgehead atoms. The van der Waals surface area contributed by atoms with Crippen LogP contribution in [0.15, 0.2) is 18.2 Å². The fourth-order valence-electron chi connectivity index (χ4n) is 1.32. The van der Waals surface area contributed by atoms with E-state index in [0.717, 1.165) is 19.1 Å². The van der Waals surface area contributed by atoms with Crippen LogP contribution in [0.2, 0.25) is 5.02 Å². The predicted octanol–water partition coefficient (Wildman–Crippen LogP) is 2.32. The van der Waals surface area contributed by atoms with Gasteiger partial charge in [-0.3, -0.25) is 0 Å². The van der Waals surface area contributed by atoms with Gasteiger partial charge in [-0.05, 0) is 25.1 Å². The Hall–Kier alpha value is -2.00. The van der Waals surface area contributed by atoms with Crippen molar-refractivity contribution in [3.63, 3.8) is 0 Å². The van der Waals surface area contributed by atoms with Crippen molar-refractivity contribution in [1.29, 1.82) is 0 Å². The number of nitrogens with one attached hydrogen (secondary N) is 2. The van der Waals surface area contributed by atoms with Crippen LogP contribution < -0.4 is 10.6 Å². The van der Waals surface area contributed by atoms with Crippen molar-refractivity contribution in [2.75, 3.05) is 11.9 Å². The van der Waals surface area contributed by atoms with Crippen LogP contribution in [0.25, 0.3) is 0 Å². The van der Waals surface area contributed by atoms with Crippen LogP contribution >= 0.6 is 11.6 Å². The first kappa shape index (κ1) is 18.1. The lowest BCUT2D eigenvalue weighted by Crippen LogP contribution is -2.47. The highest BCUT2D eigenvalue weighted by Crippen LogP contribution is 2.36. The second-order valence-corrected chi connectivity index (χ2v) is 4.99. The van der Waals surface area contributed by atoms with Crippen molar-refractivity contribution in [3.05, 3.63) is 28.8 Å². The van der Waals surface area contributed by atoms with Gasteiger partial charge >= 0.3 is 18.2 Å². The third-order valence-electron chi connectivity index (χ3n) is 2.58. The second-order valence-electron chi connectivity index (χ2n) is 4.58. The number of benzene rings is 1. The van der Waals surface area contributed by atoms with E-state index in [1.54, 1.807) is 0 Å². The topological polar surface area (TPSA) is 98.7 Å². The summed E-state index contributed by atoms with van der Waals surface area (Å²) in [4.78, 5) is 22.1. The summed E-state index contributed by atoms with van der Waals surface area (Å²) in [7, 11) is 0. The van der Waals surface area contributed by atoms with Crippen LogP contribution in [0.4, 0.5) is 23.7 Å². The smallest absolute Gasteiger partial charge is 0.417 e. The number of hydrogen-bond donors (Lipinski definition) is 4. The van der Waals surface area contributed by atoms with Crippen LogP contribution in [-0.4, -0.2) is 34.4 Å². The van der Waals surface area contributed by atoms with Gasteiger partial charge in [0, 0.05) is 5.69 Å². The number of anilines is 1. The predicted molar refractivity (Wildman–Crippen MR) is 71.7 cm³/mol. The summed E-state index contributed by atoms with van der Waals surface area (Å²) in [5.74, 6) is -1.56. The van der Waals surface area contributed by atoms with Gasteiger partial charge in [0.1, 0.15) is 0 Å². The molecular weight excluding hydrogens is 329 g/mol. The van der Waals surface area contributed by atoms with E-state index >= 15 is 0 Å². The third-order valence-corrected chi connectivity index (χ3v) is 2.91. The first-order valence-corrected chi connectivity index (χ1v) is 6.18. The maximum atomic E-state index is 12.6. The quantitative estimate of drug-likeness (QED) is 0.676. The Bertz CT molecular complexity index is 590. The molecule has 10 heteroatoms. The summed E-state index contributed by atoms with van der Waals surface area (Å²) >= 11 is 5.43. The van der Waals surface area contributed by atoms with Gasteiger partial charge in [0.05, 0.1) is 17.1 Å². The molecule has 22 heavy (non-hydrogen) atoms. The number of rotatable bonds is 4. The number of carbonyl (C=O) groups is 2. The number of alkyl halides is 3. The van der Waals surface area contributed by atoms with E-state index in [-0.39, 0.29) is 5.69 Å². The summed E-state index contributed by atoms with van der Waals surface area (Å²) < 4.78 is 37.9. The number of carbonyl (C=O) groups excluding carboxylic acids is 1. The molecule has 122 valence electrons. The van der Waals surface area contributed by atoms with Gasteiger partial charge < -0.3 is 20.8 Å². The molecule has 1 aromatic carbocycles. The molecule has 1 rings (SSSR count). The highest BCUT2D eigenvalue weighted by molar-refractivity contribution is 6.31. The minimum Gasteiger partial charge on any atom is -0.479 e. The molecule has 0 saturated carbocycles.